The molecule has 1 aliphatic rings. The van der Waals surface area contributed by atoms with Crippen LogP contribution in [0.3, 0.4) is 0 Å². The van der Waals surface area contributed by atoms with Gasteiger partial charge in [-0.1, -0.05) is 30.3 Å². The van der Waals surface area contributed by atoms with E-state index in [1.54, 1.807) is 24.3 Å². The highest BCUT2D eigenvalue weighted by molar-refractivity contribution is 5.71. The summed E-state index contributed by atoms with van der Waals surface area (Å²) in [5.74, 6) is -3.27. The highest BCUT2D eigenvalue weighted by Crippen LogP contribution is 2.36. The maximum absolute atomic E-state index is 12.8. The summed E-state index contributed by atoms with van der Waals surface area (Å²) >= 11 is 0. The van der Waals surface area contributed by atoms with E-state index in [1.165, 1.54) is 0 Å². The molecule has 0 aromatic heterocycles. The van der Waals surface area contributed by atoms with Crippen LogP contribution in [-0.2, 0) is 21.0 Å². The van der Waals surface area contributed by atoms with Crippen LogP contribution in [0.1, 0.15) is 24.8 Å². The molecule has 5 heteroatoms. The van der Waals surface area contributed by atoms with Gasteiger partial charge >= 0.3 is 5.97 Å². The molecule has 0 amide bonds. The van der Waals surface area contributed by atoms with Crippen molar-refractivity contribution in [2.45, 2.75) is 37.7 Å². The molecule has 1 fully saturated rings. The minimum atomic E-state index is -2.70. The molecule has 2 rings (SSSR count). The van der Waals surface area contributed by atoms with Crippen molar-refractivity contribution in [1.29, 1.82) is 0 Å². The van der Waals surface area contributed by atoms with Gasteiger partial charge in [0, 0.05) is 12.8 Å². The van der Waals surface area contributed by atoms with Crippen molar-refractivity contribution in [1.82, 2.24) is 0 Å². The van der Waals surface area contributed by atoms with E-state index >= 15 is 0 Å². The van der Waals surface area contributed by atoms with E-state index in [0.29, 0.717) is 0 Å². The molecule has 0 heterocycles. The third kappa shape index (κ3) is 3.77. The fourth-order valence-electron chi connectivity index (χ4n) is 1.91. The standard InChI is InChI=1S/C13H14F2O3/c14-13(15)7-6-11(9-13)17-18-12(16)8-10-4-2-1-3-5-10/h1-5,11H,6-9H2/t11-/m1/s1. The molecule has 1 saturated carbocycles. The molecule has 0 unspecified atom stereocenters. The van der Waals surface area contributed by atoms with Crippen molar-refractivity contribution < 1.29 is 23.4 Å². The number of carbonyl (C=O) groups is 1. The van der Waals surface area contributed by atoms with Crippen molar-refractivity contribution in [3.8, 4) is 0 Å². The molecular weight excluding hydrogens is 242 g/mol. The molecule has 0 saturated heterocycles. The van der Waals surface area contributed by atoms with Crippen LogP contribution < -0.4 is 0 Å². The van der Waals surface area contributed by atoms with Gasteiger partial charge in [-0.15, -0.1) is 0 Å². The quantitative estimate of drug-likeness (QED) is 0.613. The number of benzene rings is 1. The van der Waals surface area contributed by atoms with E-state index in [4.69, 9.17) is 4.89 Å². The Morgan fingerprint density at radius 2 is 2.06 bits per heavy atom. The Bertz CT molecular complexity index is 406. The van der Waals surface area contributed by atoms with Crippen molar-refractivity contribution in [2.75, 3.05) is 0 Å². The number of hydrogen-bond donors (Lipinski definition) is 0. The lowest BCUT2D eigenvalue weighted by molar-refractivity contribution is -0.298. The van der Waals surface area contributed by atoms with Crippen LogP contribution in [0.4, 0.5) is 8.78 Å². The van der Waals surface area contributed by atoms with Crippen LogP contribution in [0.5, 0.6) is 0 Å². The third-order valence-electron chi connectivity index (χ3n) is 2.83. The number of hydrogen-bond acceptors (Lipinski definition) is 3. The van der Waals surface area contributed by atoms with E-state index in [9.17, 15) is 13.6 Å². The van der Waals surface area contributed by atoms with Gasteiger partial charge in [0.2, 0.25) is 0 Å². The second kappa shape index (κ2) is 5.44. The summed E-state index contributed by atoms with van der Waals surface area (Å²) < 4.78 is 25.7. The molecule has 0 N–H and O–H groups in total. The predicted molar refractivity (Wildman–Crippen MR) is 59.9 cm³/mol. The molecule has 98 valence electrons. The largest absolute Gasteiger partial charge is 0.346 e. The first kappa shape index (κ1) is 13.0. The Morgan fingerprint density at radius 1 is 1.33 bits per heavy atom. The first-order valence-electron chi connectivity index (χ1n) is 5.83. The first-order chi connectivity index (χ1) is 8.55. The van der Waals surface area contributed by atoms with Crippen molar-refractivity contribution in [2.24, 2.45) is 0 Å². The summed E-state index contributed by atoms with van der Waals surface area (Å²) in [6, 6.07) is 9.02. The summed E-state index contributed by atoms with van der Waals surface area (Å²) in [6.07, 6.45) is -1.01. The highest BCUT2D eigenvalue weighted by Gasteiger charge is 2.41. The summed E-state index contributed by atoms with van der Waals surface area (Å²) in [4.78, 5) is 20.7. The van der Waals surface area contributed by atoms with Gasteiger partial charge in [-0.05, 0) is 12.0 Å². The molecule has 1 aliphatic carbocycles. The zero-order valence-electron chi connectivity index (χ0n) is 9.77. The Labute approximate surface area is 104 Å². The van der Waals surface area contributed by atoms with Crippen LogP contribution in [0, 0.1) is 0 Å². The van der Waals surface area contributed by atoms with Gasteiger partial charge < -0.3 is 0 Å². The van der Waals surface area contributed by atoms with Crippen LogP contribution in [0.15, 0.2) is 30.3 Å². The summed E-state index contributed by atoms with van der Waals surface area (Å²) in [5, 5.41) is 0. The van der Waals surface area contributed by atoms with Gasteiger partial charge in [-0.3, -0.25) is 4.89 Å². The van der Waals surface area contributed by atoms with E-state index in [2.05, 4.69) is 4.89 Å². The molecule has 18 heavy (non-hydrogen) atoms. The van der Waals surface area contributed by atoms with Gasteiger partial charge in [-0.2, -0.15) is 4.89 Å². The lowest BCUT2D eigenvalue weighted by Crippen LogP contribution is -2.17. The maximum Gasteiger partial charge on any atom is 0.346 e. The molecule has 0 bridgehead atoms. The zero-order valence-corrected chi connectivity index (χ0v) is 9.77. The number of carbonyl (C=O) groups excluding carboxylic acids is 1. The monoisotopic (exact) mass is 256 g/mol. The molecule has 0 radical (unpaired) electrons. The summed E-state index contributed by atoms with van der Waals surface area (Å²) in [6.45, 7) is 0. The Balaban J connectivity index is 1.73. The molecule has 0 aliphatic heterocycles. The normalized spacial score (nSPS) is 21.8. The fraction of sp³-hybridized carbons (Fsp3) is 0.462. The molecular formula is C13H14F2O3. The lowest BCUT2D eigenvalue weighted by Gasteiger charge is -2.10. The molecule has 3 nitrogen and oxygen atoms in total. The Morgan fingerprint density at radius 3 is 2.67 bits per heavy atom. The molecule has 1 aromatic carbocycles. The fourth-order valence-corrected chi connectivity index (χ4v) is 1.91. The highest BCUT2D eigenvalue weighted by atomic mass is 19.3. The second-order valence-corrected chi connectivity index (χ2v) is 4.43. The summed E-state index contributed by atoms with van der Waals surface area (Å²) in [7, 11) is 0. The van der Waals surface area contributed by atoms with Gasteiger partial charge in [-0.25, -0.2) is 13.6 Å². The van der Waals surface area contributed by atoms with E-state index in [0.717, 1.165) is 5.56 Å². The van der Waals surface area contributed by atoms with Gasteiger partial charge in [0.1, 0.15) is 6.10 Å². The first-order valence-corrected chi connectivity index (χ1v) is 5.83. The number of rotatable bonds is 4. The minimum absolute atomic E-state index is 0.0734. The topological polar surface area (TPSA) is 35.5 Å². The maximum atomic E-state index is 12.8. The van der Waals surface area contributed by atoms with Crippen molar-refractivity contribution in [3.63, 3.8) is 0 Å². The number of alkyl halides is 2. The van der Waals surface area contributed by atoms with Gasteiger partial charge in [0.15, 0.2) is 0 Å². The second-order valence-electron chi connectivity index (χ2n) is 4.43. The smallest absolute Gasteiger partial charge is 0.298 e. The lowest BCUT2D eigenvalue weighted by atomic mass is 10.2. The van der Waals surface area contributed by atoms with Crippen molar-refractivity contribution in [3.05, 3.63) is 35.9 Å². The van der Waals surface area contributed by atoms with Gasteiger partial charge in [0.25, 0.3) is 5.92 Å². The SMILES string of the molecule is O=C(Cc1ccccc1)OO[C@@H]1CCC(F)(F)C1. The Kier molecular flexibility index (Phi) is 3.91. The zero-order chi connectivity index (χ0) is 13.0. The van der Waals surface area contributed by atoms with E-state index < -0.39 is 18.0 Å². The van der Waals surface area contributed by atoms with Crippen LogP contribution in [0.25, 0.3) is 0 Å². The van der Waals surface area contributed by atoms with Gasteiger partial charge in [0.05, 0.1) is 6.42 Å². The van der Waals surface area contributed by atoms with Crippen LogP contribution in [0.2, 0.25) is 0 Å². The number of halogens is 2. The predicted octanol–water partition coefficient (Wildman–Crippen LogP) is 2.89. The summed E-state index contributed by atoms with van der Waals surface area (Å²) in [5.41, 5.74) is 0.794. The average molecular weight is 256 g/mol. The Hall–Kier alpha value is -1.49. The van der Waals surface area contributed by atoms with Crippen molar-refractivity contribution >= 4 is 5.97 Å². The van der Waals surface area contributed by atoms with E-state index in [1.807, 2.05) is 6.07 Å². The minimum Gasteiger partial charge on any atom is -0.298 e. The van der Waals surface area contributed by atoms with Crippen LogP contribution in [-0.4, -0.2) is 18.0 Å². The van der Waals surface area contributed by atoms with E-state index in [-0.39, 0.29) is 25.7 Å². The molecule has 1 aromatic rings. The molecule has 1 atom stereocenters. The van der Waals surface area contributed by atoms with Crippen LogP contribution >= 0.6 is 0 Å². The third-order valence-corrected chi connectivity index (χ3v) is 2.83. The average Bonchev–Trinajstić information content (AvgIpc) is 2.68. The molecule has 0 spiro atoms.